The summed E-state index contributed by atoms with van der Waals surface area (Å²) in [5, 5.41) is 10.7. The van der Waals surface area contributed by atoms with Crippen molar-refractivity contribution < 1.29 is 78.8 Å². The first-order valence-electron chi connectivity index (χ1n) is 4.72. The maximum Gasteiger partial charge on any atom is 1.00 e. The van der Waals surface area contributed by atoms with E-state index < -0.39 is 25.6 Å². The van der Waals surface area contributed by atoms with E-state index in [1.165, 1.54) is 7.11 Å². The fourth-order valence-electron chi connectivity index (χ4n) is 1.15. The number of nitrogens with zero attached hydrogens (tertiary/aromatic N) is 1. The van der Waals surface area contributed by atoms with Crippen molar-refractivity contribution in [3.05, 3.63) is 28.3 Å². The number of hydrogen-bond acceptors (Lipinski definition) is 7. The average Bonchev–Trinajstić information content (AvgIpc) is 2.28. The van der Waals surface area contributed by atoms with Crippen molar-refractivity contribution in [2.45, 2.75) is 4.90 Å². The minimum absolute atomic E-state index is 0. The van der Waals surface area contributed by atoms with E-state index in [1.807, 2.05) is 0 Å². The molecule has 0 spiro atoms. The van der Waals surface area contributed by atoms with Crippen molar-refractivity contribution in [1.29, 1.82) is 0 Å². The molecule has 0 atom stereocenters. The van der Waals surface area contributed by atoms with Gasteiger partial charge in [0.1, 0.15) is 16.7 Å². The normalized spacial score (nSPS) is 10.6. The maximum atomic E-state index is 10.7. The van der Waals surface area contributed by atoms with Gasteiger partial charge in [0, 0.05) is 13.2 Å². The van der Waals surface area contributed by atoms with Crippen LogP contribution in [-0.2, 0) is 14.9 Å². The molecule has 0 aromatic heterocycles. The molecule has 100 valence electrons. The van der Waals surface area contributed by atoms with Crippen LogP contribution < -0.4 is 56.1 Å². The number of ether oxygens (including phenoxy) is 2. The van der Waals surface area contributed by atoms with Crippen molar-refractivity contribution in [3.8, 4) is 5.75 Å². The van der Waals surface area contributed by atoms with Crippen molar-refractivity contribution in [1.82, 2.24) is 0 Å². The van der Waals surface area contributed by atoms with E-state index in [1.54, 1.807) is 0 Å². The van der Waals surface area contributed by atoms with Gasteiger partial charge in [-0.05, 0) is 12.1 Å². The Hall–Kier alpha value is -0.0736. The maximum absolute atomic E-state index is 10.7. The van der Waals surface area contributed by atoms with E-state index in [4.69, 9.17) is 9.47 Å². The monoisotopic (exact) mass is 315 g/mol. The van der Waals surface area contributed by atoms with Gasteiger partial charge in [-0.15, -0.1) is 0 Å². The van der Waals surface area contributed by atoms with Crippen molar-refractivity contribution in [2.75, 3.05) is 20.3 Å². The van der Waals surface area contributed by atoms with E-state index in [2.05, 4.69) is 0 Å². The number of nitro groups is 1. The Morgan fingerprint density at radius 1 is 1.32 bits per heavy atom. The van der Waals surface area contributed by atoms with E-state index >= 15 is 0 Å². The van der Waals surface area contributed by atoms with Gasteiger partial charge in [-0.25, -0.2) is 8.42 Å². The zero-order chi connectivity index (χ0) is 13.8. The van der Waals surface area contributed by atoms with Gasteiger partial charge in [0.25, 0.3) is 0 Å². The molecule has 8 nitrogen and oxygen atoms in total. The predicted molar refractivity (Wildman–Crippen MR) is 58.4 cm³/mol. The molecule has 1 rings (SSSR count). The van der Waals surface area contributed by atoms with E-state index in [-0.39, 0.29) is 70.3 Å². The molecule has 0 saturated carbocycles. The SMILES string of the molecule is COCCOc1ccc(S(=O)(=O)[O-])cc1[N+](=O)[O-].[K+]. The van der Waals surface area contributed by atoms with Crippen LogP contribution in [0.15, 0.2) is 23.1 Å². The third-order valence-corrected chi connectivity index (χ3v) is 2.79. The number of nitro benzene ring substituents is 1. The number of methoxy groups -OCH3 is 1. The quantitative estimate of drug-likeness (QED) is 0.187. The van der Waals surface area contributed by atoms with Gasteiger partial charge in [0.05, 0.1) is 16.4 Å². The topological polar surface area (TPSA) is 119 Å². The second kappa shape index (κ2) is 8.27. The zero-order valence-electron chi connectivity index (χ0n) is 10.4. The molecular weight excluding hydrogens is 305 g/mol. The Kier molecular flexibility index (Phi) is 8.23. The summed E-state index contributed by atoms with van der Waals surface area (Å²) in [7, 11) is -3.30. The minimum atomic E-state index is -4.74. The molecule has 0 aliphatic carbocycles. The molecule has 0 amide bonds. The summed E-state index contributed by atoms with van der Waals surface area (Å²) < 4.78 is 42.0. The van der Waals surface area contributed by atoms with E-state index in [0.717, 1.165) is 12.1 Å². The number of benzene rings is 1. The van der Waals surface area contributed by atoms with Gasteiger partial charge >= 0.3 is 57.1 Å². The molecule has 0 unspecified atom stereocenters. The van der Waals surface area contributed by atoms with E-state index in [9.17, 15) is 23.1 Å². The average molecular weight is 315 g/mol. The predicted octanol–water partition coefficient (Wildman–Crippen LogP) is -2.47. The number of hydrogen-bond donors (Lipinski definition) is 0. The largest absolute Gasteiger partial charge is 1.00 e. The third-order valence-electron chi connectivity index (χ3n) is 1.96. The second-order valence-corrected chi connectivity index (χ2v) is 4.56. The third kappa shape index (κ3) is 5.83. The van der Waals surface area contributed by atoms with Crippen LogP contribution in [-0.4, -0.2) is 38.2 Å². The van der Waals surface area contributed by atoms with Crippen LogP contribution in [0.1, 0.15) is 0 Å². The molecule has 0 bridgehead atoms. The summed E-state index contributed by atoms with van der Waals surface area (Å²) in [6, 6.07) is 2.69. The second-order valence-electron chi connectivity index (χ2n) is 3.18. The van der Waals surface area contributed by atoms with Crippen LogP contribution in [0, 0.1) is 10.1 Å². The van der Waals surface area contributed by atoms with Crippen LogP contribution >= 0.6 is 0 Å². The van der Waals surface area contributed by atoms with Crippen LogP contribution in [0.4, 0.5) is 5.69 Å². The van der Waals surface area contributed by atoms with Gasteiger partial charge < -0.3 is 14.0 Å². The van der Waals surface area contributed by atoms with Crippen LogP contribution in [0.2, 0.25) is 0 Å². The molecule has 0 N–H and O–H groups in total. The minimum Gasteiger partial charge on any atom is -0.744 e. The first-order valence-corrected chi connectivity index (χ1v) is 6.13. The summed E-state index contributed by atoms with van der Waals surface area (Å²) in [6.45, 7) is 0.291. The molecule has 10 heteroatoms. The summed E-state index contributed by atoms with van der Waals surface area (Å²) in [5.41, 5.74) is -0.581. The van der Waals surface area contributed by atoms with Gasteiger partial charge in [-0.1, -0.05) is 0 Å². The number of rotatable bonds is 6. The standard InChI is InChI=1S/C9H11NO7S.K/c1-16-4-5-17-9-3-2-7(18(13,14)15)6-8(9)10(11)12;/h2-3,6H,4-5H2,1H3,(H,13,14,15);/q;+1/p-1. The van der Waals surface area contributed by atoms with Gasteiger partial charge in [-0.3, -0.25) is 10.1 Å². The molecule has 0 aliphatic rings. The fourth-order valence-corrected chi connectivity index (χ4v) is 1.64. The summed E-state index contributed by atoms with van der Waals surface area (Å²) in [4.78, 5) is 9.24. The van der Waals surface area contributed by atoms with E-state index in [0.29, 0.717) is 6.07 Å². The van der Waals surface area contributed by atoms with Gasteiger partial charge in [0.15, 0.2) is 5.75 Å². The van der Waals surface area contributed by atoms with Crippen LogP contribution in [0.5, 0.6) is 5.75 Å². The van der Waals surface area contributed by atoms with Crippen LogP contribution in [0.25, 0.3) is 0 Å². The molecule has 0 radical (unpaired) electrons. The summed E-state index contributed by atoms with van der Waals surface area (Å²) in [5.74, 6) is -0.121. The van der Waals surface area contributed by atoms with Crippen molar-refractivity contribution in [2.24, 2.45) is 0 Å². The zero-order valence-corrected chi connectivity index (χ0v) is 14.3. The van der Waals surface area contributed by atoms with Crippen molar-refractivity contribution >= 4 is 15.8 Å². The first kappa shape index (κ1) is 18.9. The van der Waals surface area contributed by atoms with Crippen molar-refractivity contribution in [3.63, 3.8) is 0 Å². The Morgan fingerprint density at radius 3 is 2.42 bits per heavy atom. The molecule has 0 heterocycles. The molecule has 0 aliphatic heterocycles. The molecular formula is C9H10KNO7S. The first-order chi connectivity index (χ1) is 8.36. The smallest absolute Gasteiger partial charge is 0.744 e. The van der Waals surface area contributed by atoms with Crippen LogP contribution in [0.3, 0.4) is 0 Å². The Bertz CT molecular complexity index is 545. The molecule has 0 saturated heterocycles. The molecule has 19 heavy (non-hydrogen) atoms. The molecule has 0 fully saturated rings. The summed E-state index contributed by atoms with van der Waals surface area (Å²) in [6.07, 6.45) is 0. The fraction of sp³-hybridized carbons (Fsp3) is 0.333. The Balaban J connectivity index is 0.00000324. The Morgan fingerprint density at radius 2 is 1.95 bits per heavy atom. The molecule has 1 aromatic carbocycles. The van der Waals surface area contributed by atoms with Gasteiger partial charge in [0.2, 0.25) is 0 Å². The summed E-state index contributed by atoms with van der Waals surface area (Å²) >= 11 is 0. The molecule has 1 aromatic rings. The van der Waals surface area contributed by atoms with Gasteiger partial charge in [-0.2, -0.15) is 0 Å². The Labute approximate surface area is 152 Å².